The van der Waals surface area contributed by atoms with E-state index < -0.39 is 20.8 Å². The van der Waals surface area contributed by atoms with Crippen molar-refractivity contribution in [1.29, 1.82) is 0 Å². The van der Waals surface area contributed by atoms with Gasteiger partial charge < -0.3 is 11.5 Å². The fourth-order valence-electron chi connectivity index (χ4n) is 3.15. The van der Waals surface area contributed by atoms with E-state index >= 15 is 0 Å². The molecule has 134 valence electrons. The molecular weight excluding hydrogens is 344 g/mol. The zero-order valence-electron chi connectivity index (χ0n) is 14.5. The Morgan fingerprint density at radius 2 is 1.31 bits per heavy atom. The molecule has 0 aliphatic rings. The summed E-state index contributed by atoms with van der Waals surface area (Å²) in [5.74, 6) is 0. The molecule has 0 saturated heterocycles. The van der Waals surface area contributed by atoms with Crippen molar-refractivity contribution in [3.05, 3.63) is 102 Å². The highest BCUT2D eigenvalue weighted by atomic mass is 32.2. The summed E-state index contributed by atoms with van der Waals surface area (Å²) in [5.41, 5.74) is 14.9. The van der Waals surface area contributed by atoms with Crippen molar-refractivity contribution >= 4 is 9.84 Å². The Hall–Kier alpha value is -2.47. The van der Waals surface area contributed by atoms with Gasteiger partial charge in [-0.1, -0.05) is 78.9 Å². The lowest BCUT2D eigenvalue weighted by molar-refractivity contribution is 0.461. The molecule has 0 amide bonds. The molecule has 2 atom stereocenters. The minimum atomic E-state index is -3.98. The summed E-state index contributed by atoms with van der Waals surface area (Å²) in [5, 5.41) is 0. The SMILES string of the molecule is Cc1ccccc1S(=O)(=O)C(N)(c1ccccc1)C(N)c1ccccc1. The standard InChI is InChI=1S/C21H22N2O2S/c1-16-10-8-9-15-19(16)26(24,25)21(23,18-13-6-3-7-14-18)20(22)17-11-4-2-5-12-17/h2-15,20H,22-23H2,1H3. The first-order chi connectivity index (χ1) is 12.4. The number of aryl methyl sites for hydroxylation is 1. The van der Waals surface area contributed by atoms with Crippen molar-refractivity contribution in [3.8, 4) is 0 Å². The Kier molecular flexibility index (Phi) is 4.96. The lowest BCUT2D eigenvalue weighted by atomic mass is 9.94. The smallest absolute Gasteiger partial charge is 0.203 e. The van der Waals surface area contributed by atoms with E-state index in [1.165, 1.54) is 0 Å². The summed E-state index contributed by atoms with van der Waals surface area (Å²) in [7, 11) is -3.98. The summed E-state index contributed by atoms with van der Waals surface area (Å²) >= 11 is 0. The third kappa shape index (κ3) is 2.94. The Morgan fingerprint density at radius 1 is 0.808 bits per heavy atom. The van der Waals surface area contributed by atoms with Crippen LogP contribution in [0.3, 0.4) is 0 Å². The molecule has 5 heteroatoms. The summed E-state index contributed by atoms with van der Waals surface area (Å²) in [6.07, 6.45) is 0. The van der Waals surface area contributed by atoms with Crippen molar-refractivity contribution in [2.24, 2.45) is 11.5 Å². The number of nitrogens with two attached hydrogens (primary N) is 2. The van der Waals surface area contributed by atoms with Gasteiger partial charge in [0.25, 0.3) is 0 Å². The molecule has 3 rings (SSSR count). The first kappa shape index (κ1) is 18.3. The van der Waals surface area contributed by atoms with E-state index in [0.29, 0.717) is 16.7 Å². The van der Waals surface area contributed by atoms with Crippen LogP contribution in [0.4, 0.5) is 0 Å². The lowest BCUT2D eigenvalue weighted by Crippen LogP contribution is -2.53. The maximum absolute atomic E-state index is 13.7. The third-order valence-electron chi connectivity index (χ3n) is 4.67. The molecule has 0 saturated carbocycles. The normalized spacial score (nSPS) is 15.2. The van der Waals surface area contributed by atoms with Gasteiger partial charge in [0.05, 0.1) is 10.9 Å². The van der Waals surface area contributed by atoms with Gasteiger partial charge in [0, 0.05) is 0 Å². The summed E-state index contributed by atoms with van der Waals surface area (Å²) < 4.78 is 27.4. The van der Waals surface area contributed by atoms with Crippen molar-refractivity contribution in [3.63, 3.8) is 0 Å². The molecule has 0 heterocycles. The minimum Gasteiger partial charge on any atom is -0.321 e. The summed E-state index contributed by atoms with van der Waals surface area (Å²) in [6.45, 7) is 1.76. The van der Waals surface area contributed by atoms with Crippen LogP contribution in [0.2, 0.25) is 0 Å². The number of benzene rings is 3. The molecule has 4 nitrogen and oxygen atoms in total. The second-order valence-electron chi connectivity index (χ2n) is 6.32. The van der Waals surface area contributed by atoms with Crippen LogP contribution < -0.4 is 11.5 Å². The molecule has 0 spiro atoms. The van der Waals surface area contributed by atoms with Crippen LogP contribution in [-0.2, 0) is 14.7 Å². The van der Waals surface area contributed by atoms with E-state index in [4.69, 9.17) is 11.5 Å². The highest BCUT2D eigenvalue weighted by molar-refractivity contribution is 7.92. The van der Waals surface area contributed by atoms with Crippen LogP contribution in [0, 0.1) is 6.92 Å². The number of sulfone groups is 1. The molecule has 4 N–H and O–H groups in total. The average molecular weight is 366 g/mol. The van der Waals surface area contributed by atoms with E-state index in [1.54, 1.807) is 67.6 Å². The average Bonchev–Trinajstić information content (AvgIpc) is 2.68. The van der Waals surface area contributed by atoms with Crippen molar-refractivity contribution < 1.29 is 8.42 Å². The van der Waals surface area contributed by atoms with Gasteiger partial charge in [-0.25, -0.2) is 8.42 Å². The molecule has 0 aliphatic carbocycles. The number of hydrogen-bond acceptors (Lipinski definition) is 4. The van der Waals surface area contributed by atoms with Crippen LogP contribution in [-0.4, -0.2) is 8.42 Å². The fraction of sp³-hybridized carbons (Fsp3) is 0.143. The van der Waals surface area contributed by atoms with Crippen LogP contribution in [0.15, 0.2) is 89.8 Å². The molecule has 0 fully saturated rings. The van der Waals surface area contributed by atoms with Gasteiger partial charge in [-0.15, -0.1) is 0 Å². The van der Waals surface area contributed by atoms with E-state index in [1.807, 2.05) is 24.3 Å². The minimum absolute atomic E-state index is 0.192. The number of rotatable bonds is 5. The predicted molar refractivity (Wildman–Crippen MR) is 104 cm³/mol. The summed E-state index contributed by atoms with van der Waals surface area (Å²) in [4.78, 5) is -1.61. The molecule has 0 aromatic heterocycles. The van der Waals surface area contributed by atoms with Crippen molar-refractivity contribution in [2.75, 3.05) is 0 Å². The summed E-state index contributed by atoms with van der Waals surface area (Å²) in [6, 6.07) is 23.7. The Morgan fingerprint density at radius 3 is 1.88 bits per heavy atom. The highest BCUT2D eigenvalue weighted by Gasteiger charge is 2.48. The van der Waals surface area contributed by atoms with Gasteiger partial charge in [0.15, 0.2) is 4.87 Å². The second-order valence-corrected chi connectivity index (χ2v) is 8.44. The Balaban J connectivity index is 2.27. The van der Waals surface area contributed by atoms with Crippen LogP contribution in [0.25, 0.3) is 0 Å². The van der Waals surface area contributed by atoms with E-state index in [2.05, 4.69) is 0 Å². The second kappa shape index (κ2) is 7.03. The van der Waals surface area contributed by atoms with Crippen LogP contribution in [0.1, 0.15) is 22.7 Å². The first-order valence-corrected chi connectivity index (χ1v) is 9.82. The lowest BCUT2D eigenvalue weighted by Gasteiger charge is -2.36. The van der Waals surface area contributed by atoms with E-state index in [9.17, 15) is 8.42 Å². The molecule has 0 bridgehead atoms. The van der Waals surface area contributed by atoms with E-state index in [-0.39, 0.29) is 4.90 Å². The molecule has 0 aliphatic heterocycles. The zero-order valence-corrected chi connectivity index (χ0v) is 15.4. The maximum atomic E-state index is 13.7. The quantitative estimate of drug-likeness (QED) is 0.725. The van der Waals surface area contributed by atoms with Gasteiger partial charge in [-0.3, -0.25) is 0 Å². The first-order valence-electron chi connectivity index (χ1n) is 8.34. The third-order valence-corrected chi connectivity index (χ3v) is 7.09. The van der Waals surface area contributed by atoms with Gasteiger partial charge in [0.2, 0.25) is 9.84 Å². The van der Waals surface area contributed by atoms with Crippen LogP contribution >= 0.6 is 0 Å². The van der Waals surface area contributed by atoms with Crippen molar-refractivity contribution in [1.82, 2.24) is 0 Å². The molecular formula is C21H22N2O2S. The molecule has 3 aromatic rings. The molecule has 3 aromatic carbocycles. The van der Waals surface area contributed by atoms with Crippen molar-refractivity contribution in [2.45, 2.75) is 22.7 Å². The fourth-order valence-corrected chi connectivity index (χ4v) is 5.18. The monoisotopic (exact) mass is 366 g/mol. The Bertz CT molecular complexity index is 989. The Labute approximate surface area is 154 Å². The molecule has 2 unspecified atom stereocenters. The van der Waals surface area contributed by atoms with Gasteiger partial charge in [-0.2, -0.15) is 0 Å². The van der Waals surface area contributed by atoms with E-state index in [0.717, 1.165) is 0 Å². The van der Waals surface area contributed by atoms with Gasteiger partial charge in [0.1, 0.15) is 0 Å². The predicted octanol–water partition coefficient (Wildman–Crippen LogP) is 3.28. The number of hydrogen-bond donors (Lipinski definition) is 2. The van der Waals surface area contributed by atoms with Crippen LogP contribution in [0.5, 0.6) is 0 Å². The maximum Gasteiger partial charge on any atom is 0.203 e. The van der Waals surface area contributed by atoms with Gasteiger partial charge >= 0.3 is 0 Å². The zero-order chi connectivity index (χ0) is 18.8. The molecule has 0 radical (unpaired) electrons. The largest absolute Gasteiger partial charge is 0.321 e. The molecule has 26 heavy (non-hydrogen) atoms. The highest BCUT2D eigenvalue weighted by Crippen LogP contribution is 2.40. The topological polar surface area (TPSA) is 86.2 Å². The van der Waals surface area contributed by atoms with Gasteiger partial charge in [-0.05, 0) is 29.7 Å².